The number of hydrogen-bond acceptors (Lipinski definition) is 4. The standard InChI is InChI=1S/C16H15NO4S/c1-2-11-17(14-8-4-3-5-9-14)22(20,21)15-10-6-7-13(12-15)16(18)19/h2-10,12H,1,11H2,(H,18,19)/p-1. The molecule has 5 nitrogen and oxygen atoms in total. The van der Waals surface area contributed by atoms with Crippen molar-refractivity contribution in [3.05, 3.63) is 72.8 Å². The van der Waals surface area contributed by atoms with Gasteiger partial charge in [0.15, 0.2) is 0 Å². The fraction of sp³-hybridized carbons (Fsp3) is 0.0625. The molecular weight excluding hydrogens is 302 g/mol. The number of para-hydroxylation sites is 1. The number of carboxylic acid groups (broad SMARTS) is 1. The molecule has 0 bridgehead atoms. The van der Waals surface area contributed by atoms with Gasteiger partial charge in [0, 0.05) is 0 Å². The number of anilines is 1. The van der Waals surface area contributed by atoms with Gasteiger partial charge >= 0.3 is 0 Å². The minimum Gasteiger partial charge on any atom is -0.545 e. The molecule has 2 aromatic carbocycles. The Morgan fingerprint density at radius 2 is 1.82 bits per heavy atom. The van der Waals surface area contributed by atoms with Crippen LogP contribution in [0.3, 0.4) is 0 Å². The molecule has 0 unspecified atom stereocenters. The number of nitrogens with zero attached hydrogens (tertiary/aromatic N) is 1. The Bertz CT molecular complexity index is 785. The van der Waals surface area contributed by atoms with Crippen LogP contribution in [-0.2, 0) is 10.0 Å². The van der Waals surface area contributed by atoms with Crippen LogP contribution in [0.25, 0.3) is 0 Å². The summed E-state index contributed by atoms with van der Waals surface area (Å²) >= 11 is 0. The van der Waals surface area contributed by atoms with Crippen LogP contribution in [0.5, 0.6) is 0 Å². The Hall–Kier alpha value is -2.60. The topological polar surface area (TPSA) is 77.5 Å². The van der Waals surface area contributed by atoms with Gasteiger partial charge in [0.25, 0.3) is 10.0 Å². The van der Waals surface area contributed by atoms with Gasteiger partial charge in [0.2, 0.25) is 0 Å². The molecule has 0 radical (unpaired) electrons. The minimum atomic E-state index is -3.90. The maximum Gasteiger partial charge on any atom is 0.264 e. The molecule has 114 valence electrons. The molecule has 0 atom stereocenters. The van der Waals surface area contributed by atoms with Crippen molar-refractivity contribution < 1.29 is 18.3 Å². The summed E-state index contributed by atoms with van der Waals surface area (Å²) in [5.74, 6) is -1.42. The van der Waals surface area contributed by atoms with Crippen LogP contribution in [-0.4, -0.2) is 20.9 Å². The molecule has 0 aromatic heterocycles. The van der Waals surface area contributed by atoms with Gasteiger partial charge in [-0.1, -0.05) is 36.4 Å². The van der Waals surface area contributed by atoms with Crippen molar-refractivity contribution in [2.75, 3.05) is 10.8 Å². The average molecular weight is 316 g/mol. The monoisotopic (exact) mass is 316 g/mol. The van der Waals surface area contributed by atoms with Crippen LogP contribution < -0.4 is 9.41 Å². The highest BCUT2D eigenvalue weighted by Crippen LogP contribution is 2.23. The highest BCUT2D eigenvalue weighted by Gasteiger charge is 2.24. The van der Waals surface area contributed by atoms with Gasteiger partial charge in [0.05, 0.1) is 23.1 Å². The summed E-state index contributed by atoms with van der Waals surface area (Å²) in [5.41, 5.74) is 0.286. The number of carbonyl (C=O) groups is 1. The van der Waals surface area contributed by atoms with E-state index in [1.807, 2.05) is 0 Å². The van der Waals surface area contributed by atoms with Gasteiger partial charge in [-0.2, -0.15) is 0 Å². The Balaban J connectivity index is 2.52. The maximum absolute atomic E-state index is 12.8. The fourth-order valence-corrected chi connectivity index (χ4v) is 3.45. The fourth-order valence-electron chi connectivity index (χ4n) is 1.96. The quantitative estimate of drug-likeness (QED) is 0.755. The number of benzene rings is 2. The molecule has 0 fully saturated rings. The molecule has 0 saturated carbocycles. The Kier molecular flexibility index (Phi) is 4.62. The van der Waals surface area contributed by atoms with E-state index in [2.05, 4.69) is 6.58 Å². The number of sulfonamides is 1. The normalized spacial score (nSPS) is 10.9. The molecule has 0 heterocycles. The van der Waals surface area contributed by atoms with Crippen molar-refractivity contribution in [2.24, 2.45) is 0 Å². The van der Waals surface area contributed by atoms with Crippen LogP contribution in [0.4, 0.5) is 5.69 Å². The lowest BCUT2D eigenvalue weighted by molar-refractivity contribution is -0.255. The second-order valence-corrected chi connectivity index (χ2v) is 6.34. The molecule has 0 spiro atoms. The Morgan fingerprint density at radius 1 is 1.14 bits per heavy atom. The molecule has 6 heteroatoms. The van der Waals surface area contributed by atoms with E-state index in [-0.39, 0.29) is 17.0 Å². The van der Waals surface area contributed by atoms with Crippen LogP contribution >= 0.6 is 0 Å². The zero-order valence-corrected chi connectivity index (χ0v) is 12.5. The van der Waals surface area contributed by atoms with E-state index in [9.17, 15) is 18.3 Å². The molecule has 2 aromatic rings. The maximum atomic E-state index is 12.8. The second kappa shape index (κ2) is 6.44. The molecule has 0 aliphatic rings. The number of hydrogen-bond donors (Lipinski definition) is 0. The predicted octanol–water partition coefficient (Wildman–Crippen LogP) is 1.43. The highest BCUT2D eigenvalue weighted by atomic mass is 32.2. The van der Waals surface area contributed by atoms with Crippen molar-refractivity contribution in [2.45, 2.75) is 4.90 Å². The third-order valence-electron chi connectivity index (χ3n) is 3.00. The minimum absolute atomic E-state index is 0.0713. The smallest absolute Gasteiger partial charge is 0.264 e. The van der Waals surface area contributed by atoms with Crippen molar-refractivity contribution in [3.63, 3.8) is 0 Å². The molecule has 0 saturated heterocycles. The summed E-state index contributed by atoms with van der Waals surface area (Å²) in [6, 6.07) is 13.6. The highest BCUT2D eigenvalue weighted by molar-refractivity contribution is 7.92. The van der Waals surface area contributed by atoms with Gasteiger partial charge in [-0.25, -0.2) is 8.42 Å². The van der Waals surface area contributed by atoms with E-state index in [4.69, 9.17) is 0 Å². The van der Waals surface area contributed by atoms with E-state index < -0.39 is 16.0 Å². The summed E-state index contributed by atoms with van der Waals surface area (Å²) in [4.78, 5) is 10.8. The van der Waals surface area contributed by atoms with E-state index in [1.165, 1.54) is 24.3 Å². The van der Waals surface area contributed by atoms with E-state index in [1.54, 1.807) is 30.3 Å². The first-order chi connectivity index (χ1) is 10.5. The van der Waals surface area contributed by atoms with E-state index in [0.717, 1.165) is 10.4 Å². The second-order valence-electron chi connectivity index (χ2n) is 4.48. The van der Waals surface area contributed by atoms with Gasteiger partial charge in [-0.05, 0) is 29.8 Å². The van der Waals surface area contributed by atoms with Crippen LogP contribution in [0, 0.1) is 0 Å². The summed E-state index contributed by atoms with van der Waals surface area (Å²) in [6.07, 6.45) is 1.47. The van der Waals surface area contributed by atoms with Crippen molar-refractivity contribution >= 4 is 21.7 Å². The Labute approximate surface area is 129 Å². The first-order valence-corrected chi connectivity index (χ1v) is 7.91. The van der Waals surface area contributed by atoms with E-state index >= 15 is 0 Å². The van der Waals surface area contributed by atoms with Crippen LogP contribution in [0.1, 0.15) is 10.4 Å². The third-order valence-corrected chi connectivity index (χ3v) is 4.79. The summed E-state index contributed by atoms with van der Waals surface area (Å²) < 4.78 is 26.7. The lowest BCUT2D eigenvalue weighted by atomic mass is 10.2. The van der Waals surface area contributed by atoms with Gasteiger partial charge < -0.3 is 9.90 Å². The molecule has 0 N–H and O–H groups in total. The lowest BCUT2D eigenvalue weighted by Crippen LogP contribution is -2.31. The summed E-state index contributed by atoms with van der Waals surface area (Å²) in [5, 5.41) is 10.9. The van der Waals surface area contributed by atoms with Crippen molar-refractivity contribution in [1.82, 2.24) is 0 Å². The zero-order chi connectivity index (χ0) is 16.2. The van der Waals surface area contributed by atoms with Crippen molar-refractivity contribution in [1.29, 1.82) is 0 Å². The summed E-state index contributed by atoms with van der Waals surface area (Å²) in [6.45, 7) is 3.64. The SMILES string of the molecule is C=CCN(c1ccccc1)S(=O)(=O)c1cccc(C(=O)[O-])c1. The predicted molar refractivity (Wildman–Crippen MR) is 81.9 cm³/mol. The van der Waals surface area contributed by atoms with Crippen LogP contribution in [0.2, 0.25) is 0 Å². The molecule has 0 aliphatic carbocycles. The number of aromatic carboxylic acids is 1. The van der Waals surface area contributed by atoms with Crippen LogP contribution in [0.15, 0.2) is 72.1 Å². The molecular formula is C16H14NO4S-. The summed E-state index contributed by atoms with van der Waals surface area (Å²) in [7, 11) is -3.90. The number of rotatable bonds is 6. The van der Waals surface area contributed by atoms with Crippen molar-refractivity contribution in [3.8, 4) is 0 Å². The Morgan fingerprint density at radius 3 is 2.41 bits per heavy atom. The zero-order valence-electron chi connectivity index (χ0n) is 11.7. The molecule has 0 aliphatic heterocycles. The first-order valence-electron chi connectivity index (χ1n) is 6.47. The third kappa shape index (κ3) is 3.17. The van der Waals surface area contributed by atoms with Gasteiger partial charge in [-0.15, -0.1) is 6.58 Å². The number of carbonyl (C=O) groups excluding carboxylic acids is 1. The van der Waals surface area contributed by atoms with Gasteiger partial charge in [0.1, 0.15) is 0 Å². The lowest BCUT2D eigenvalue weighted by Gasteiger charge is -2.23. The molecule has 0 amide bonds. The molecule has 2 rings (SSSR count). The first kappa shape index (κ1) is 15.8. The van der Waals surface area contributed by atoms with Gasteiger partial charge in [-0.3, -0.25) is 4.31 Å². The largest absolute Gasteiger partial charge is 0.545 e. The average Bonchev–Trinajstić information content (AvgIpc) is 2.53. The molecule has 22 heavy (non-hydrogen) atoms. The number of carboxylic acids is 1. The van der Waals surface area contributed by atoms with E-state index in [0.29, 0.717) is 5.69 Å².